The Morgan fingerprint density at radius 3 is 2.08 bits per heavy atom. The summed E-state index contributed by atoms with van der Waals surface area (Å²) < 4.78 is 0. The molecule has 0 aliphatic carbocycles. The third-order valence-electron chi connectivity index (χ3n) is 4.46. The van der Waals surface area contributed by atoms with Crippen molar-refractivity contribution in [2.24, 2.45) is 0 Å². The molecule has 2 N–H and O–H groups in total. The lowest BCUT2D eigenvalue weighted by molar-refractivity contribution is 0.768. The molecular weight excluding hydrogens is 336 g/mol. The molecule has 0 amide bonds. The van der Waals surface area contributed by atoms with E-state index in [0.717, 1.165) is 5.69 Å². The number of aryl methyl sites for hydroxylation is 3. The van der Waals surface area contributed by atoms with Crippen molar-refractivity contribution in [3.63, 3.8) is 0 Å². The van der Waals surface area contributed by atoms with Crippen LogP contribution in [0, 0.1) is 20.8 Å². The van der Waals surface area contributed by atoms with E-state index in [1.807, 2.05) is 6.07 Å². The van der Waals surface area contributed by atoms with Gasteiger partial charge in [0.2, 0.25) is 0 Å². The second-order valence-corrected chi connectivity index (χ2v) is 7.08. The highest BCUT2D eigenvalue weighted by molar-refractivity contribution is 7.80. The molecule has 0 aliphatic rings. The molecule has 0 aromatic heterocycles. The first kappa shape index (κ1) is 18.2. The van der Waals surface area contributed by atoms with Gasteiger partial charge >= 0.3 is 0 Å². The highest BCUT2D eigenvalue weighted by Crippen LogP contribution is 2.23. The van der Waals surface area contributed by atoms with E-state index in [2.05, 4.69) is 98.1 Å². The van der Waals surface area contributed by atoms with Gasteiger partial charge in [-0.3, -0.25) is 0 Å². The minimum atomic E-state index is 0.00177. The van der Waals surface area contributed by atoms with Crippen molar-refractivity contribution in [3.8, 4) is 0 Å². The largest absolute Gasteiger partial charge is 0.352 e. The number of hydrogen-bond acceptors (Lipinski definition) is 1. The maximum Gasteiger partial charge on any atom is 0.171 e. The number of thiocarbonyl (C=S) groups is 1. The normalized spacial score (nSPS) is 11.7. The van der Waals surface area contributed by atoms with Crippen molar-refractivity contribution in [1.82, 2.24) is 5.32 Å². The van der Waals surface area contributed by atoms with Gasteiger partial charge in [0, 0.05) is 5.69 Å². The zero-order chi connectivity index (χ0) is 18.5. The van der Waals surface area contributed by atoms with Gasteiger partial charge in [0.1, 0.15) is 0 Å². The molecule has 1 unspecified atom stereocenters. The molecule has 2 nitrogen and oxygen atoms in total. The highest BCUT2D eigenvalue weighted by Gasteiger charge is 2.15. The molecule has 0 aliphatic heterocycles. The van der Waals surface area contributed by atoms with Crippen LogP contribution < -0.4 is 10.6 Å². The predicted octanol–water partition coefficient (Wildman–Crippen LogP) is 5.69. The lowest BCUT2D eigenvalue weighted by Gasteiger charge is -2.23. The topological polar surface area (TPSA) is 24.1 Å². The molecule has 3 aromatic rings. The van der Waals surface area contributed by atoms with Crippen molar-refractivity contribution < 1.29 is 0 Å². The Balaban J connectivity index is 1.84. The van der Waals surface area contributed by atoms with Crippen molar-refractivity contribution in [2.75, 3.05) is 5.32 Å². The van der Waals surface area contributed by atoms with Crippen LogP contribution in [0.5, 0.6) is 0 Å². The highest BCUT2D eigenvalue weighted by atomic mass is 32.1. The predicted molar refractivity (Wildman–Crippen MR) is 115 cm³/mol. The SMILES string of the molecule is Cc1ccc(C(NC(=S)Nc2cc(C)ccc2C)c2ccccc2)cc1. The van der Waals surface area contributed by atoms with Gasteiger partial charge in [-0.1, -0.05) is 72.3 Å². The molecule has 0 fully saturated rings. The summed E-state index contributed by atoms with van der Waals surface area (Å²) in [6.07, 6.45) is 0. The first-order valence-electron chi connectivity index (χ1n) is 8.79. The summed E-state index contributed by atoms with van der Waals surface area (Å²) in [4.78, 5) is 0. The second-order valence-electron chi connectivity index (χ2n) is 6.67. The summed E-state index contributed by atoms with van der Waals surface area (Å²) in [6.45, 7) is 6.26. The molecule has 26 heavy (non-hydrogen) atoms. The Kier molecular flexibility index (Phi) is 5.69. The number of hydrogen-bond donors (Lipinski definition) is 2. The van der Waals surface area contributed by atoms with Crippen LogP contribution in [0.15, 0.2) is 72.8 Å². The van der Waals surface area contributed by atoms with Gasteiger partial charge < -0.3 is 10.6 Å². The molecule has 3 rings (SSSR count). The van der Waals surface area contributed by atoms with Crippen LogP contribution >= 0.6 is 12.2 Å². The lowest BCUT2D eigenvalue weighted by atomic mass is 9.98. The van der Waals surface area contributed by atoms with Crippen molar-refractivity contribution in [2.45, 2.75) is 26.8 Å². The fourth-order valence-corrected chi connectivity index (χ4v) is 3.15. The maximum atomic E-state index is 5.62. The van der Waals surface area contributed by atoms with Gasteiger partial charge in [-0.25, -0.2) is 0 Å². The Hall–Kier alpha value is -2.65. The Morgan fingerprint density at radius 1 is 0.769 bits per heavy atom. The van der Waals surface area contributed by atoms with E-state index >= 15 is 0 Å². The van der Waals surface area contributed by atoms with Crippen LogP contribution in [0.2, 0.25) is 0 Å². The molecule has 3 aromatic carbocycles. The van der Waals surface area contributed by atoms with Crippen molar-refractivity contribution in [1.29, 1.82) is 0 Å². The molecule has 0 heterocycles. The number of benzene rings is 3. The van der Waals surface area contributed by atoms with E-state index in [9.17, 15) is 0 Å². The van der Waals surface area contributed by atoms with Gasteiger partial charge in [0.25, 0.3) is 0 Å². The number of anilines is 1. The molecular formula is C23H24N2S. The van der Waals surface area contributed by atoms with Crippen LogP contribution in [0.3, 0.4) is 0 Å². The van der Waals surface area contributed by atoms with Gasteiger partial charge in [-0.2, -0.15) is 0 Å². The first-order valence-corrected chi connectivity index (χ1v) is 9.20. The van der Waals surface area contributed by atoms with Crippen LogP contribution in [0.4, 0.5) is 5.69 Å². The van der Waals surface area contributed by atoms with Crippen LogP contribution in [0.25, 0.3) is 0 Å². The summed E-state index contributed by atoms with van der Waals surface area (Å²) in [5.74, 6) is 0. The zero-order valence-corrected chi connectivity index (χ0v) is 16.2. The minimum Gasteiger partial charge on any atom is -0.352 e. The van der Waals surface area contributed by atoms with Crippen LogP contribution in [-0.4, -0.2) is 5.11 Å². The molecule has 1 atom stereocenters. The summed E-state index contributed by atoms with van der Waals surface area (Å²) in [5.41, 5.74) is 7.04. The average Bonchev–Trinajstić information content (AvgIpc) is 2.64. The monoisotopic (exact) mass is 360 g/mol. The smallest absolute Gasteiger partial charge is 0.171 e. The molecule has 0 radical (unpaired) electrons. The molecule has 0 spiro atoms. The summed E-state index contributed by atoms with van der Waals surface area (Å²) >= 11 is 5.62. The Morgan fingerprint density at radius 2 is 1.38 bits per heavy atom. The van der Waals surface area contributed by atoms with Gasteiger partial charge in [0.05, 0.1) is 6.04 Å². The van der Waals surface area contributed by atoms with Crippen molar-refractivity contribution in [3.05, 3.63) is 101 Å². The summed E-state index contributed by atoms with van der Waals surface area (Å²) in [6, 6.07) is 25.3. The lowest BCUT2D eigenvalue weighted by Crippen LogP contribution is -2.33. The molecule has 0 saturated heterocycles. The van der Waals surface area contributed by atoms with Crippen molar-refractivity contribution >= 4 is 23.0 Å². The third kappa shape index (κ3) is 4.50. The van der Waals surface area contributed by atoms with Crippen LogP contribution in [-0.2, 0) is 0 Å². The standard InChI is InChI=1S/C23H24N2S/c1-16-10-13-20(14-11-16)22(19-7-5-4-6-8-19)25-23(26)24-21-15-17(2)9-12-18(21)3/h4-15,22H,1-3H3,(H2,24,25,26). The molecule has 0 saturated carbocycles. The van der Waals surface area contributed by atoms with Gasteiger partial charge in [0.15, 0.2) is 5.11 Å². The maximum absolute atomic E-state index is 5.62. The van der Waals surface area contributed by atoms with E-state index in [0.29, 0.717) is 5.11 Å². The van der Waals surface area contributed by atoms with Gasteiger partial charge in [-0.15, -0.1) is 0 Å². The van der Waals surface area contributed by atoms with E-state index in [1.54, 1.807) is 0 Å². The van der Waals surface area contributed by atoms with E-state index < -0.39 is 0 Å². The summed E-state index contributed by atoms with van der Waals surface area (Å²) in [5, 5.41) is 7.46. The van der Waals surface area contributed by atoms with E-state index in [-0.39, 0.29) is 6.04 Å². The molecule has 0 bridgehead atoms. The average molecular weight is 361 g/mol. The third-order valence-corrected chi connectivity index (χ3v) is 4.68. The van der Waals surface area contributed by atoms with E-state index in [4.69, 9.17) is 12.2 Å². The fourth-order valence-electron chi connectivity index (χ4n) is 2.92. The molecule has 132 valence electrons. The minimum absolute atomic E-state index is 0.00177. The summed E-state index contributed by atoms with van der Waals surface area (Å²) in [7, 11) is 0. The fraction of sp³-hybridized carbons (Fsp3) is 0.174. The quantitative estimate of drug-likeness (QED) is 0.585. The van der Waals surface area contributed by atoms with Gasteiger partial charge in [-0.05, 0) is 61.3 Å². The zero-order valence-electron chi connectivity index (χ0n) is 15.4. The second kappa shape index (κ2) is 8.15. The molecule has 3 heteroatoms. The number of nitrogens with one attached hydrogen (secondary N) is 2. The van der Waals surface area contributed by atoms with Crippen LogP contribution in [0.1, 0.15) is 33.9 Å². The Bertz CT molecular complexity index is 886. The van der Waals surface area contributed by atoms with E-state index in [1.165, 1.54) is 27.8 Å². The Labute approximate surface area is 161 Å². The first-order chi connectivity index (χ1) is 12.5. The number of rotatable bonds is 4.